The fourth-order valence-electron chi connectivity index (χ4n) is 4.59. The van der Waals surface area contributed by atoms with Gasteiger partial charge in [-0.1, -0.05) is 50.1 Å². The zero-order chi connectivity index (χ0) is 17.5. The standard InChI is InChI=1S/C22H34N2O/c1-18(20-11-14-23-15-12-20)17-22(25)24(21-9-5-6-10-21)16-13-19-7-3-2-4-8-19/h2-4,7-8,18,20-21,23H,5-6,9-17H2,1H3. The summed E-state index contributed by atoms with van der Waals surface area (Å²) in [7, 11) is 0. The molecule has 1 unspecified atom stereocenters. The number of hydrogen-bond donors (Lipinski definition) is 1. The van der Waals surface area contributed by atoms with Gasteiger partial charge in [0.15, 0.2) is 0 Å². The van der Waals surface area contributed by atoms with E-state index in [0.717, 1.165) is 32.5 Å². The maximum absolute atomic E-state index is 13.1. The first-order valence-corrected chi connectivity index (χ1v) is 10.3. The Bertz CT molecular complexity index is 518. The summed E-state index contributed by atoms with van der Waals surface area (Å²) < 4.78 is 0. The Morgan fingerprint density at radius 3 is 2.48 bits per heavy atom. The van der Waals surface area contributed by atoms with Crippen LogP contribution in [0, 0.1) is 11.8 Å². The van der Waals surface area contributed by atoms with E-state index in [-0.39, 0.29) is 0 Å². The summed E-state index contributed by atoms with van der Waals surface area (Å²) in [5.41, 5.74) is 1.34. The van der Waals surface area contributed by atoms with Crippen LogP contribution in [0.3, 0.4) is 0 Å². The summed E-state index contributed by atoms with van der Waals surface area (Å²) in [6.07, 6.45) is 9.11. The van der Waals surface area contributed by atoms with Crippen molar-refractivity contribution in [2.24, 2.45) is 11.8 Å². The topological polar surface area (TPSA) is 32.3 Å². The Hall–Kier alpha value is -1.35. The van der Waals surface area contributed by atoms with Crippen LogP contribution in [0.1, 0.15) is 57.4 Å². The highest BCUT2D eigenvalue weighted by Crippen LogP contribution is 2.28. The highest BCUT2D eigenvalue weighted by atomic mass is 16.2. The van der Waals surface area contributed by atoms with Gasteiger partial charge in [-0.2, -0.15) is 0 Å². The maximum atomic E-state index is 13.1. The van der Waals surface area contributed by atoms with E-state index >= 15 is 0 Å². The molecule has 1 N–H and O–H groups in total. The van der Waals surface area contributed by atoms with Crippen molar-refractivity contribution in [1.82, 2.24) is 10.2 Å². The molecule has 1 atom stereocenters. The van der Waals surface area contributed by atoms with Crippen molar-refractivity contribution in [2.45, 2.75) is 64.3 Å². The van der Waals surface area contributed by atoms with Gasteiger partial charge in [0, 0.05) is 19.0 Å². The van der Waals surface area contributed by atoms with Gasteiger partial charge in [-0.05, 0) is 62.6 Å². The van der Waals surface area contributed by atoms with Crippen molar-refractivity contribution in [2.75, 3.05) is 19.6 Å². The minimum Gasteiger partial charge on any atom is -0.339 e. The highest BCUT2D eigenvalue weighted by Gasteiger charge is 2.29. The number of piperidine rings is 1. The number of hydrogen-bond acceptors (Lipinski definition) is 2. The number of rotatable bonds is 7. The van der Waals surface area contributed by atoms with E-state index in [1.807, 2.05) is 0 Å². The van der Waals surface area contributed by atoms with Gasteiger partial charge in [0.2, 0.25) is 5.91 Å². The van der Waals surface area contributed by atoms with Gasteiger partial charge in [0.05, 0.1) is 0 Å². The van der Waals surface area contributed by atoms with Crippen LogP contribution in [0.5, 0.6) is 0 Å². The highest BCUT2D eigenvalue weighted by molar-refractivity contribution is 5.76. The van der Waals surface area contributed by atoms with Gasteiger partial charge in [-0.15, -0.1) is 0 Å². The van der Waals surface area contributed by atoms with E-state index < -0.39 is 0 Å². The van der Waals surface area contributed by atoms with Gasteiger partial charge in [0.25, 0.3) is 0 Å². The molecule has 1 aromatic rings. The first-order chi connectivity index (χ1) is 12.2. The summed E-state index contributed by atoms with van der Waals surface area (Å²) in [6, 6.07) is 11.1. The molecule has 0 aromatic heterocycles. The largest absolute Gasteiger partial charge is 0.339 e. The Kier molecular flexibility index (Phi) is 6.92. The predicted molar refractivity (Wildman–Crippen MR) is 103 cm³/mol. The normalized spacial score (nSPS) is 20.5. The third-order valence-corrected chi connectivity index (χ3v) is 6.26. The van der Waals surface area contributed by atoms with Crippen LogP contribution in [-0.2, 0) is 11.2 Å². The molecule has 2 fully saturated rings. The van der Waals surface area contributed by atoms with Crippen LogP contribution < -0.4 is 5.32 Å². The molecule has 3 rings (SSSR count). The molecule has 138 valence electrons. The molecule has 3 nitrogen and oxygen atoms in total. The first kappa shape index (κ1) is 18.4. The first-order valence-electron chi connectivity index (χ1n) is 10.3. The minimum absolute atomic E-state index is 0.397. The molecule has 0 spiro atoms. The molecule has 1 heterocycles. The predicted octanol–water partition coefficient (Wildman–Crippen LogP) is 4.03. The van der Waals surface area contributed by atoms with Gasteiger partial charge >= 0.3 is 0 Å². The number of carbonyl (C=O) groups is 1. The third kappa shape index (κ3) is 5.31. The van der Waals surface area contributed by atoms with Crippen molar-refractivity contribution in [1.29, 1.82) is 0 Å². The zero-order valence-electron chi connectivity index (χ0n) is 15.8. The molecule has 1 aromatic carbocycles. The Labute approximate surface area is 153 Å². The number of benzene rings is 1. The van der Waals surface area contributed by atoms with E-state index in [1.54, 1.807) is 0 Å². The molecule has 25 heavy (non-hydrogen) atoms. The van der Waals surface area contributed by atoms with E-state index in [1.165, 1.54) is 44.1 Å². The maximum Gasteiger partial charge on any atom is 0.223 e. The number of nitrogens with one attached hydrogen (secondary N) is 1. The fourth-order valence-corrected chi connectivity index (χ4v) is 4.59. The van der Waals surface area contributed by atoms with Gasteiger partial charge in [-0.25, -0.2) is 0 Å². The fraction of sp³-hybridized carbons (Fsp3) is 0.682. The average molecular weight is 343 g/mol. The molecule has 0 radical (unpaired) electrons. The molecule has 1 saturated carbocycles. The van der Waals surface area contributed by atoms with Crippen LogP contribution in [-0.4, -0.2) is 36.5 Å². The van der Waals surface area contributed by atoms with Crippen molar-refractivity contribution in [3.05, 3.63) is 35.9 Å². The lowest BCUT2D eigenvalue weighted by Gasteiger charge is -2.33. The van der Waals surface area contributed by atoms with Gasteiger partial charge in [-0.3, -0.25) is 4.79 Å². The molecule has 0 bridgehead atoms. The van der Waals surface area contributed by atoms with Gasteiger partial charge in [0.1, 0.15) is 0 Å². The van der Waals surface area contributed by atoms with E-state index in [4.69, 9.17) is 0 Å². The second-order valence-electron chi connectivity index (χ2n) is 8.03. The average Bonchev–Trinajstić information content (AvgIpc) is 3.18. The number of carbonyl (C=O) groups excluding carboxylic acids is 1. The van der Waals surface area contributed by atoms with E-state index in [0.29, 0.717) is 23.8 Å². The summed E-state index contributed by atoms with van der Waals surface area (Å²) in [6.45, 7) is 5.40. The molecule has 1 aliphatic carbocycles. The molecular formula is C22H34N2O. The van der Waals surface area contributed by atoms with Gasteiger partial charge < -0.3 is 10.2 Å². The van der Waals surface area contributed by atoms with Crippen LogP contribution in [0.2, 0.25) is 0 Å². The lowest BCUT2D eigenvalue weighted by atomic mass is 9.84. The Morgan fingerprint density at radius 1 is 1.12 bits per heavy atom. The van der Waals surface area contributed by atoms with Crippen LogP contribution >= 0.6 is 0 Å². The molecule has 2 aliphatic rings. The Balaban J connectivity index is 1.58. The molecule has 1 amide bonds. The van der Waals surface area contributed by atoms with Crippen molar-refractivity contribution in [3.63, 3.8) is 0 Å². The molecule has 1 aliphatic heterocycles. The van der Waals surface area contributed by atoms with E-state index in [2.05, 4.69) is 47.5 Å². The smallest absolute Gasteiger partial charge is 0.223 e. The van der Waals surface area contributed by atoms with E-state index in [9.17, 15) is 4.79 Å². The second-order valence-corrected chi connectivity index (χ2v) is 8.03. The van der Waals surface area contributed by atoms with Crippen LogP contribution in [0.4, 0.5) is 0 Å². The number of amides is 1. The lowest BCUT2D eigenvalue weighted by Crippen LogP contribution is -2.42. The zero-order valence-corrected chi connectivity index (χ0v) is 15.8. The summed E-state index contributed by atoms with van der Waals surface area (Å²) in [5.74, 6) is 1.62. The van der Waals surface area contributed by atoms with Crippen LogP contribution in [0.25, 0.3) is 0 Å². The van der Waals surface area contributed by atoms with Crippen molar-refractivity contribution in [3.8, 4) is 0 Å². The van der Waals surface area contributed by atoms with Crippen molar-refractivity contribution < 1.29 is 4.79 Å². The quantitative estimate of drug-likeness (QED) is 0.811. The number of nitrogens with zero attached hydrogens (tertiary/aromatic N) is 1. The van der Waals surface area contributed by atoms with Crippen molar-refractivity contribution >= 4 is 5.91 Å². The monoisotopic (exact) mass is 342 g/mol. The molecular weight excluding hydrogens is 308 g/mol. The minimum atomic E-state index is 0.397. The SMILES string of the molecule is CC(CC(=O)N(CCc1ccccc1)C1CCCC1)C1CCNCC1. The lowest BCUT2D eigenvalue weighted by molar-refractivity contribution is -0.134. The third-order valence-electron chi connectivity index (χ3n) is 6.26. The molecule has 3 heteroatoms. The summed E-state index contributed by atoms with van der Waals surface area (Å²) in [4.78, 5) is 15.3. The summed E-state index contributed by atoms with van der Waals surface area (Å²) in [5, 5.41) is 3.43. The van der Waals surface area contributed by atoms with Crippen LogP contribution in [0.15, 0.2) is 30.3 Å². The Morgan fingerprint density at radius 2 is 1.80 bits per heavy atom. The summed E-state index contributed by atoms with van der Waals surface area (Å²) >= 11 is 0. The molecule has 1 saturated heterocycles. The second kappa shape index (κ2) is 9.38.